The van der Waals surface area contributed by atoms with E-state index in [0.717, 1.165) is 28.5 Å². The lowest BCUT2D eigenvalue weighted by atomic mass is 10.1. The number of anilines is 1. The van der Waals surface area contributed by atoms with E-state index in [1.165, 1.54) is 0 Å². The second kappa shape index (κ2) is 5.95. The Morgan fingerprint density at radius 1 is 1.00 bits per heavy atom. The number of fused-ring (bicyclic) bond motifs is 1. The molecule has 0 saturated heterocycles. The standard InChI is InChI=1S/C17H19NO3/c1-12(18-14-4-6-15(19-2)7-5-14)13-3-8-16-17(11-13)21-10-9-20-16/h3-8,11-12,18H,9-10H2,1-2H3. The Morgan fingerprint density at radius 2 is 1.71 bits per heavy atom. The van der Waals surface area contributed by atoms with Crippen LogP contribution in [0.3, 0.4) is 0 Å². The summed E-state index contributed by atoms with van der Waals surface area (Å²) in [5.41, 5.74) is 2.22. The molecule has 1 aliphatic rings. The van der Waals surface area contributed by atoms with E-state index in [1.807, 2.05) is 36.4 Å². The fourth-order valence-electron chi connectivity index (χ4n) is 2.35. The minimum Gasteiger partial charge on any atom is -0.497 e. The van der Waals surface area contributed by atoms with Gasteiger partial charge in [0.05, 0.1) is 7.11 Å². The van der Waals surface area contributed by atoms with Crippen LogP contribution in [0.2, 0.25) is 0 Å². The highest BCUT2D eigenvalue weighted by Gasteiger charge is 2.14. The summed E-state index contributed by atoms with van der Waals surface area (Å²) in [7, 11) is 1.67. The molecule has 0 saturated carbocycles. The van der Waals surface area contributed by atoms with Crippen LogP contribution in [0.5, 0.6) is 17.2 Å². The molecular formula is C17H19NO3. The molecule has 0 aliphatic carbocycles. The van der Waals surface area contributed by atoms with Gasteiger partial charge in [-0.2, -0.15) is 0 Å². The highest BCUT2D eigenvalue weighted by atomic mass is 16.6. The second-order valence-electron chi connectivity index (χ2n) is 5.00. The van der Waals surface area contributed by atoms with Gasteiger partial charge in [-0.05, 0) is 48.9 Å². The van der Waals surface area contributed by atoms with Gasteiger partial charge >= 0.3 is 0 Å². The van der Waals surface area contributed by atoms with Gasteiger partial charge in [0, 0.05) is 11.7 Å². The van der Waals surface area contributed by atoms with Crippen LogP contribution >= 0.6 is 0 Å². The molecule has 2 aromatic carbocycles. The Kier molecular flexibility index (Phi) is 3.86. The van der Waals surface area contributed by atoms with E-state index in [0.29, 0.717) is 13.2 Å². The van der Waals surface area contributed by atoms with Gasteiger partial charge in [-0.1, -0.05) is 6.07 Å². The lowest BCUT2D eigenvalue weighted by Gasteiger charge is -2.21. The lowest BCUT2D eigenvalue weighted by Crippen LogP contribution is -2.16. The monoisotopic (exact) mass is 285 g/mol. The zero-order valence-electron chi connectivity index (χ0n) is 12.3. The maximum Gasteiger partial charge on any atom is 0.161 e. The second-order valence-corrected chi connectivity index (χ2v) is 5.00. The summed E-state index contributed by atoms with van der Waals surface area (Å²) in [6.45, 7) is 3.35. The van der Waals surface area contributed by atoms with Gasteiger partial charge in [0.25, 0.3) is 0 Å². The van der Waals surface area contributed by atoms with E-state index in [1.54, 1.807) is 7.11 Å². The van der Waals surface area contributed by atoms with Crippen LogP contribution in [0.25, 0.3) is 0 Å². The normalized spacial score (nSPS) is 14.4. The summed E-state index contributed by atoms with van der Waals surface area (Å²) in [5.74, 6) is 2.50. The number of ether oxygens (including phenoxy) is 3. The third-order valence-corrected chi connectivity index (χ3v) is 3.54. The topological polar surface area (TPSA) is 39.7 Å². The van der Waals surface area contributed by atoms with Crippen LogP contribution in [-0.2, 0) is 0 Å². The lowest BCUT2D eigenvalue weighted by molar-refractivity contribution is 0.171. The molecule has 21 heavy (non-hydrogen) atoms. The molecule has 2 aromatic rings. The first-order chi connectivity index (χ1) is 10.3. The minimum absolute atomic E-state index is 0.175. The van der Waals surface area contributed by atoms with Crippen molar-refractivity contribution < 1.29 is 14.2 Å². The molecule has 0 fully saturated rings. The van der Waals surface area contributed by atoms with Crippen LogP contribution < -0.4 is 19.5 Å². The maximum absolute atomic E-state index is 5.63. The van der Waals surface area contributed by atoms with Crippen LogP contribution in [0.4, 0.5) is 5.69 Å². The predicted octanol–water partition coefficient (Wildman–Crippen LogP) is 3.64. The third kappa shape index (κ3) is 3.05. The molecule has 1 unspecified atom stereocenters. The first-order valence-electron chi connectivity index (χ1n) is 7.06. The molecule has 3 rings (SSSR count). The number of rotatable bonds is 4. The first-order valence-corrected chi connectivity index (χ1v) is 7.06. The molecule has 1 atom stereocenters. The van der Waals surface area contributed by atoms with Crippen molar-refractivity contribution in [1.29, 1.82) is 0 Å². The maximum atomic E-state index is 5.63. The zero-order valence-corrected chi connectivity index (χ0v) is 12.3. The highest BCUT2D eigenvalue weighted by molar-refractivity contribution is 5.50. The Hall–Kier alpha value is -2.36. The smallest absolute Gasteiger partial charge is 0.161 e. The molecule has 0 amide bonds. The van der Waals surface area contributed by atoms with Gasteiger partial charge in [-0.15, -0.1) is 0 Å². The van der Waals surface area contributed by atoms with Crippen molar-refractivity contribution in [2.45, 2.75) is 13.0 Å². The first kappa shape index (κ1) is 13.6. The highest BCUT2D eigenvalue weighted by Crippen LogP contribution is 2.33. The van der Waals surface area contributed by atoms with Crippen LogP contribution in [0, 0.1) is 0 Å². The molecule has 110 valence electrons. The van der Waals surface area contributed by atoms with E-state index in [9.17, 15) is 0 Å². The molecule has 1 aliphatic heterocycles. The van der Waals surface area contributed by atoms with Crippen molar-refractivity contribution in [3.8, 4) is 17.2 Å². The average molecular weight is 285 g/mol. The van der Waals surface area contributed by atoms with Crippen molar-refractivity contribution in [2.75, 3.05) is 25.6 Å². The Labute approximate surface area is 124 Å². The number of methoxy groups -OCH3 is 1. The van der Waals surface area contributed by atoms with Crippen molar-refractivity contribution >= 4 is 5.69 Å². The molecule has 0 radical (unpaired) electrons. The third-order valence-electron chi connectivity index (χ3n) is 3.54. The summed E-state index contributed by atoms with van der Waals surface area (Å²) in [4.78, 5) is 0. The van der Waals surface area contributed by atoms with E-state index in [-0.39, 0.29) is 6.04 Å². The molecule has 4 nitrogen and oxygen atoms in total. The molecular weight excluding hydrogens is 266 g/mol. The minimum atomic E-state index is 0.175. The van der Waals surface area contributed by atoms with Crippen LogP contribution in [0.1, 0.15) is 18.5 Å². The van der Waals surface area contributed by atoms with Crippen molar-refractivity contribution in [1.82, 2.24) is 0 Å². The average Bonchev–Trinajstić information content (AvgIpc) is 2.55. The summed E-state index contributed by atoms with van der Waals surface area (Å²) in [6.07, 6.45) is 0. The number of benzene rings is 2. The van der Waals surface area contributed by atoms with Gasteiger partial charge in [0.15, 0.2) is 11.5 Å². The van der Waals surface area contributed by atoms with E-state index in [4.69, 9.17) is 14.2 Å². The predicted molar refractivity (Wildman–Crippen MR) is 82.5 cm³/mol. The summed E-state index contributed by atoms with van der Waals surface area (Å²) in [5, 5.41) is 3.46. The summed E-state index contributed by atoms with van der Waals surface area (Å²) >= 11 is 0. The fourth-order valence-corrected chi connectivity index (χ4v) is 2.35. The molecule has 0 aromatic heterocycles. The molecule has 0 bridgehead atoms. The number of hydrogen-bond donors (Lipinski definition) is 1. The number of nitrogens with one attached hydrogen (secondary N) is 1. The van der Waals surface area contributed by atoms with E-state index in [2.05, 4.69) is 18.3 Å². The summed E-state index contributed by atoms with van der Waals surface area (Å²) in [6, 6.07) is 14.1. The van der Waals surface area contributed by atoms with Crippen LogP contribution in [0.15, 0.2) is 42.5 Å². The van der Waals surface area contributed by atoms with Crippen molar-refractivity contribution in [3.63, 3.8) is 0 Å². The van der Waals surface area contributed by atoms with E-state index < -0.39 is 0 Å². The number of hydrogen-bond acceptors (Lipinski definition) is 4. The molecule has 0 spiro atoms. The van der Waals surface area contributed by atoms with Gasteiger partial charge in [0.2, 0.25) is 0 Å². The van der Waals surface area contributed by atoms with Crippen LogP contribution in [-0.4, -0.2) is 20.3 Å². The van der Waals surface area contributed by atoms with E-state index >= 15 is 0 Å². The quantitative estimate of drug-likeness (QED) is 0.931. The van der Waals surface area contributed by atoms with Gasteiger partial charge in [-0.3, -0.25) is 0 Å². The molecule has 1 heterocycles. The Bertz CT molecular complexity index is 610. The van der Waals surface area contributed by atoms with Gasteiger partial charge in [-0.25, -0.2) is 0 Å². The largest absolute Gasteiger partial charge is 0.497 e. The Balaban J connectivity index is 1.73. The molecule has 4 heteroatoms. The summed E-state index contributed by atoms with van der Waals surface area (Å²) < 4.78 is 16.3. The molecule has 1 N–H and O–H groups in total. The zero-order chi connectivity index (χ0) is 14.7. The van der Waals surface area contributed by atoms with Gasteiger partial charge in [0.1, 0.15) is 19.0 Å². The van der Waals surface area contributed by atoms with Crippen molar-refractivity contribution in [3.05, 3.63) is 48.0 Å². The van der Waals surface area contributed by atoms with Gasteiger partial charge < -0.3 is 19.5 Å². The van der Waals surface area contributed by atoms with Crippen molar-refractivity contribution in [2.24, 2.45) is 0 Å². The Morgan fingerprint density at radius 3 is 2.43 bits per heavy atom. The fraction of sp³-hybridized carbons (Fsp3) is 0.294. The SMILES string of the molecule is COc1ccc(NC(C)c2ccc3c(c2)OCCO3)cc1.